The molecule has 3 aromatic rings. The number of nitrogens with two attached hydrogens (primary N) is 1. The van der Waals surface area contributed by atoms with Gasteiger partial charge in [0.25, 0.3) is 5.91 Å². The third-order valence-corrected chi connectivity index (χ3v) is 4.37. The van der Waals surface area contributed by atoms with Gasteiger partial charge in [-0.25, -0.2) is 4.79 Å². The Kier molecular flexibility index (Phi) is 6.47. The lowest BCUT2D eigenvalue weighted by molar-refractivity contribution is -0.129. The molecule has 0 radical (unpaired) electrons. The van der Waals surface area contributed by atoms with Crippen molar-refractivity contribution in [3.63, 3.8) is 0 Å². The zero-order valence-corrected chi connectivity index (χ0v) is 16.0. The van der Waals surface area contributed by atoms with Gasteiger partial charge in [0, 0.05) is 11.3 Å². The van der Waals surface area contributed by atoms with Crippen molar-refractivity contribution in [2.45, 2.75) is 19.1 Å². The zero-order chi connectivity index (χ0) is 20.6. The van der Waals surface area contributed by atoms with Gasteiger partial charge in [-0.3, -0.25) is 4.79 Å². The molecule has 0 saturated carbocycles. The minimum absolute atomic E-state index is 0.244. The molecule has 0 spiro atoms. The molecule has 6 nitrogen and oxygen atoms in total. The van der Waals surface area contributed by atoms with Crippen LogP contribution in [0.25, 0.3) is 0 Å². The van der Waals surface area contributed by atoms with Gasteiger partial charge in [-0.2, -0.15) is 0 Å². The Balaban J connectivity index is 1.74. The summed E-state index contributed by atoms with van der Waals surface area (Å²) in [5.41, 5.74) is 7.37. The second kappa shape index (κ2) is 9.41. The highest BCUT2D eigenvalue weighted by Crippen LogP contribution is 2.24. The first kappa shape index (κ1) is 19.9. The van der Waals surface area contributed by atoms with Crippen molar-refractivity contribution in [3.8, 4) is 5.75 Å². The third kappa shape index (κ3) is 5.59. The highest BCUT2D eigenvalue weighted by molar-refractivity contribution is 5.87. The summed E-state index contributed by atoms with van der Waals surface area (Å²) in [4.78, 5) is 24.0. The summed E-state index contributed by atoms with van der Waals surface area (Å²) in [6.45, 7) is 1.89. The minimum Gasteiger partial charge on any atom is -0.476 e. The van der Waals surface area contributed by atoms with Crippen LogP contribution in [0, 0.1) is 0 Å². The molecule has 0 bridgehead atoms. The average molecular weight is 389 g/mol. The van der Waals surface area contributed by atoms with Crippen LogP contribution in [0.4, 0.5) is 10.5 Å². The van der Waals surface area contributed by atoms with Crippen molar-refractivity contribution in [2.24, 2.45) is 5.73 Å². The molecular formula is C23H23N3O3. The van der Waals surface area contributed by atoms with Gasteiger partial charge >= 0.3 is 6.03 Å². The molecular weight excluding hydrogens is 366 g/mol. The van der Waals surface area contributed by atoms with Crippen LogP contribution < -0.4 is 21.1 Å². The number of primary amides is 1. The summed E-state index contributed by atoms with van der Waals surface area (Å²) < 4.78 is 5.99. The van der Waals surface area contributed by atoms with Crippen LogP contribution in [-0.4, -0.2) is 11.9 Å². The molecule has 3 aromatic carbocycles. The molecule has 0 aliphatic rings. The molecule has 4 N–H and O–H groups in total. The number of benzene rings is 3. The molecule has 148 valence electrons. The average Bonchev–Trinajstić information content (AvgIpc) is 2.73. The second-order valence-electron chi connectivity index (χ2n) is 6.56. The van der Waals surface area contributed by atoms with Crippen LogP contribution in [-0.2, 0) is 4.79 Å². The van der Waals surface area contributed by atoms with E-state index in [1.807, 2.05) is 79.7 Å². The number of ether oxygens (including phenoxy) is 1. The Bertz CT molecular complexity index is 944. The van der Waals surface area contributed by atoms with Gasteiger partial charge < -0.3 is 21.1 Å². The summed E-state index contributed by atoms with van der Waals surface area (Å²) >= 11 is 0. The summed E-state index contributed by atoms with van der Waals surface area (Å²) in [6, 6.07) is 24.9. The van der Waals surface area contributed by atoms with Gasteiger partial charge in [-0.05, 0) is 36.8 Å². The fourth-order valence-electron chi connectivity index (χ4n) is 2.91. The van der Waals surface area contributed by atoms with Crippen molar-refractivity contribution in [1.29, 1.82) is 0 Å². The Morgan fingerprint density at radius 1 is 0.828 bits per heavy atom. The number of hydrogen-bond acceptors (Lipinski definition) is 3. The van der Waals surface area contributed by atoms with Crippen molar-refractivity contribution >= 4 is 17.6 Å². The monoisotopic (exact) mass is 389 g/mol. The predicted molar refractivity (Wildman–Crippen MR) is 112 cm³/mol. The van der Waals surface area contributed by atoms with Gasteiger partial charge in [-0.1, -0.05) is 60.7 Å². The van der Waals surface area contributed by atoms with E-state index in [0.717, 1.165) is 11.1 Å². The number of carbonyl (C=O) groups excluding carboxylic acids is 2. The number of anilines is 1. The Hall–Kier alpha value is -3.80. The fraction of sp³-hybridized carbons (Fsp3) is 0.130. The van der Waals surface area contributed by atoms with E-state index in [-0.39, 0.29) is 11.9 Å². The van der Waals surface area contributed by atoms with Gasteiger partial charge in [-0.15, -0.1) is 0 Å². The minimum atomic E-state index is -0.781. The number of amides is 3. The van der Waals surface area contributed by atoms with Crippen molar-refractivity contribution in [3.05, 3.63) is 96.1 Å². The first-order valence-corrected chi connectivity index (χ1v) is 9.26. The number of rotatable bonds is 7. The lowest BCUT2D eigenvalue weighted by Gasteiger charge is -2.22. The largest absolute Gasteiger partial charge is 0.476 e. The summed E-state index contributed by atoms with van der Waals surface area (Å²) in [6.07, 6.45) is -0.781. The molecule has 29 heavy (non-hydrogen) atoms. The molecule has 0 aliphatic carbocycles. The molecule has 0 aliphatic heterocycles. The van der Waals surface area contributed by atoms with E-state index in [0.29, 0.717) is 11.4 Å². The number of hydrogen-bond donors (Lipinski definition) is 3. The molecule has 3 rings (SSSR count). The number of carbonyl (C=O) groups is 2. The standard InChI is InChI=1S/C23H23N3O3/c1-16(17-12-14-19(15-13-17)26-23(24)28)25-22(27)21(18-8-4-2-5-9-18)29-20-10-6-3-7-11-20/h2-16,21H,1H3,(H,25,27)(H3,24,26,28). The van der Waals surface area contributed by atoms with Crippen LogP contribution in [0.1, 0.15) is 30.2 Å². The number of para-hydroxylation sites is 1. The first-order valence-electron chi connectivity index (χ1n) is 9.26. The normalized spacial score (nSPS) is 12.4. The SMILES string of the molecule is CC(NC(=O)C(Oc1ccccc1)c1ccccc1)c1ccc(NC(N)=O)cc1. The molecule has 0 heterocycles. The number of nitrogens with one attached hydrogen (secondary N) is 2. The van der Waals surface area contributed by atoms with Crippen LogP contribution in [0.2, 0.25) is 0 Å². The predicted octanol–water partition coefficient (Wildman–Crippen LogP) is 4.17. The van der Waals surface area contributed by atoms with E-state index >= 15 is 0 Å². The van der Waals surface area contributed by atoms with Crippen molar-refractivity contribution in [2.75, 3.05) is 5.32 Å². The van der Waals surface area contributed by atoms with Crippen LogP contribution in [0.15, 0.2) is 84.9 Å². The smallest absolute Gasteiger partial charge is 0.316 e. The molecule has 6 heteroatoms. The maximum atomic E-state index is 13.0. The highest BCUT2D eigenvalue weighted by Gasteiger charge is 2.24. The Morgan fingerprint density at radius 2 is 1.41 bits per heavy atom. The molecule has 0 aromatic heterocycles. The molecule has 2 atom stereocenters. The maximum Gasteiger partial charge on any atom is 0.316 e. The van der Waals surface area contributed by atoms with Gasteiger partial charge in [0.05, 0.1) is 6.04 Å². The van der Waals surface area contributed by atoms with Crippen molar-refractivity contribution < 1.29 is 14.3 Å². The Labute approximate surface area is 169 Å². The molecule has 2 unspecified atom stereocenters. The van der Waals surface area contributed by atoms with E-state index in [2.05, 4.69) is 10.6 Å². The molecule has 3 amide bonds. The second-order valence-corrected chi connectivity index (χ2v) is 6.56. The third-order valence-electron chi connectivity index (χ3n) is 4.37. The zero-order valence-electron chi connectivity index (χ0n) is 16.0. The van der Waals surface area contributed by atoms with E-state index in [4.69, 9.17) is 10.5 Å². The first-order chi connectivity index (χ1) is 14.0. The summed E-state index contributed by atoms with van der Waals surface area (Å²) in [5.74, 6) is 0.373. The van der Waals surface area contributed by atoms with E-state index in [9.17, 15) is 9.59 Å². The van der Waals surface area contributed by atoms with Crippen LogP contribution in [0.5, 0.6) is 5.75 Å². The summed E-state index contributed by atoms with van der Waals surface area (Å²) in [7, 11) is 0. The number of urea groups is 1. The van der Waals surface area contributed by atoms with Crippen LogP contribution in [0.3, 0.4) is 0 Å². The maximum absolute atomic E-state index is 13.0. The fourth-order valence-corrected chi connectivity index (χ4v) is 2.91. The summed E-state index contributed by atoms with van der Waals surface area (Å²) in [5, 5.41) is 5.51. The lowest BCUT2D eigenvalue weighted by atomic mass is 10.1. The van der Waals surface area contributed by atoms with Crippen LogP contribution >= 0.6 is 0 Å². The van der Waals surface area contributed by atoms with E-state index in [1.165, 1.54) is 0 Å². The lowest BCUT2D eigenvalue weighted by Crippen LogP contribution is -2.34. The van der Waals surface area contributed by atoms with E-state index in [1.54, 1.807) is 12.1 Å². The molecule has 0 saturated heterocycles. The Morgan fingerprint density at radius 3 is 2.00 bits per heavy atom. The highest BCUT2D eigenvalue weighted by atomic mass is 16.5. The van der Waals surface area contributed by atoms with Gasteiger partial charge in [0.1, 0.15) is 5.75 Å². The molecule has 0 fully saturated rings. The van der Waals surface area contributed by atoms with Gasteiger partial charge in [0.15, 0.2) is 0 Å². The van der Waals surface area contributed by atoms with Gasteiger partial charge in [0.2, 0.25) is 6.10 Å². The van der Waals surface area contributed by atoms with E-state index < -0.39 is 12.1 Å². The van der Waals surface area contributed by atoms with Crippen molar-refractivity contribution in [1.82, 2.24) is 5.32 Å². The quantitative estimate of drug-likeness (QED) is 0.566. The topological polar surface area (TPSA) is 93.4 Å².